The number of hydrogen-bond donors (Lipinski definition) is 3. The van der Waals surface area contributed by atoms with E-state index in [9.17, 15) is 4.79 Å². The Hall–Kier alpha value is -0.610. The molecule has 0 radical (unpaired) electrons. The van der Waals surface area contributed by atoms with Crippen molar-refractivity contribution in [3.63, 3.8) is 0 Å². The molecule has 14 heavy (non-hydrogen) atoms. The standard InChI is InChI=1S/C5H12N2.C3H7NO.C2H6.2H2/c6-5-1-3-7-4-2-5;1-2-4-3-5;1-2;;/h5,7H,1-4,6H2;3H,2H2,1H3,(H,4,5);1-2H3;2*1H. The van der Waals surface area contributed by atoms with Gasteiger partial charge in [0.2, 0.25) is 6.41 Å². The highest BCUT2D eigenvalue weighted by molar-refractivity contribution is 5.45. The SMILES string of the molecule is CC.CCNC=O.NC1CCNCC1.[HH].[HH]. The summed E-state index contributed by atoms with van der Waals surface area (Å²) in [5.41, 5.74) is 5.59. The van der Waals surface area contributed by atoms with Crippen LogP contribution >= 0.6 is 0 Å². The summed E-state index contributed by atoms with van der Waals surface area (Å²) in [4.78, 5) is 9.29. The lowest BCUT2D eigenvalue weighted by molar-refractivity contribution is -0.109. The quantitative estimate of drug-likeness (QED) is 0.591. The van der Waals surface area contributed by atoms with Crippen molar-refractivity contribution in [1.29, 1.82) is 0 Å². The summed E-state index contributed by atoms with van der Waals surface area (Å²) < 4.78 is 0. The molecule has 0 spiro atoms. The van der Waals surface area contributed by atoms with Crippen LogP contribution in [0.15, 0.2) is 0 Å². The molecule has 0 aromatic carbocycles. The second kappa shape index (κ2) is 14.9. The summed E-state index contributed by atoms with van der Waals surface area (Å²) in [7, 11) is 0. The number of nitrogens with two attached hydrogens (primary N) is 1. The van der Waals surface area contributed by atoms with E-state index >= 15 is 0 Å². The van der Waals surface area contributed by atoms with E-state index < -0.39 is 0 Å². The largest absolute Gasteiger partial charge is 0.359 e. The van der Waals surface area contributed by atoms with E-state index in [1.807, 2.05) is 20.8 Å². The monoisotopic (exact) mass is 207 g/mol. The topological polar surface area (TPSA) is 67.2 Å². The van der Waals surface area contributed by atoms with Gasteiger partial charge in [-0.1, -0.05) is 13.8 Å². The first-order chi connectivity index (χ1) is 6.81. The Morgan fingerprint density at radius 3 is 2.14 bits per heavy atom. The molecule has 0 unspecified atom stereocenters. The second-order valence-corrected chi connectivity index (χ2v) is 2.76. The number of amides is 1. The molecule has 0 saturated carbocycles. The zero-order valence-electron chi connectivity index (χ0n) is 9.68. The summed E-state index contributed by atoms with van der Waals surface area (Å²) in [6, 6.07) is 0.473. The molecule has 4 N–H and O–H groups in total. The summed E-state index contributed by atoms with van der Waals surface area (Å²) in [5.74, 6) is 0. The maximum absolute atomic E-state index is 9.29. The van der Waals surface area contributed by atoms with Crippen LogP contribution in [0.5, 0.6) is 0 Å². The van der Waals surface area contributed by atoms with Gasteiger partial charge in [0.05, 0.1) is 0 Å². The van der Waals surface area contributed by atoms with Crippen molar-refractivity contribution in [1.82, 2.24) is 10.6 Å². The van der Waals surface area contributed by atoms with Crippen LogP contribution in [0.2, 0.25) is 0 Å². The van der Waals surface area contributed by atoms with Crippen LogP contribution in [0.3, 0.4) is 0 Å². The summed E-state index contributed by atoms with van der Waals surface area (Å²) in [5, 5.41) is 5.67. The van der Waals surface area contributed by atoms with Crippen LogP contribution < -0.4 is 16.4 Å². The molecule has 1 rings (SSSR count). The Morgan fingerprint density at radius 1 is 1.50 bits per heavy atom. The highest BCUT2D eigenvalue weighted by atomic mass is 16.1. The van der Waals surface area contributed by atoms with Gasteiger partial charge in [0.15, 0.2) is 0 Å². The number of nitrogens with one attached hydrogen (secondary N) is 2. The van der Waals surface area contributed by atoms with E-state index in [0.717, 1.165) is 32.5 Å². The second-order valence-electron chi connectivity index (χ2n) is 2.76. The van der Waals surface area contributed by atoms with Gasteiger partial charge >= 0.3 is 0 Å². The van der Waals surface area contributed by atoms with Crippen molar-refractivity contribution in [2.24, 2.45) is 5.73 Å². The summed E-state index contributed by atoms with van der Waals surface area (Å²) in [6.45, 7) is 8.82. The Bertz CT molecular complexity index is 112. The highest BCUT2D eigenvalue weighted by Gasteiger charge is 2.05. The molecule has 4 nitrogen and oxygen atoms in total. The first kappa shape index (κ1) is 15.8. The van der Waals surface area contributed by atoms with Crippen LogP contribution in [-0.4, -0.2) is 32.1 Å². The lowest BCUT2D eigenvalue weighted by Gasteiger charge is -2.17. The minimum Gasteiger partial charge on any atom is -0.359 e. The number of rotatable bonds is 2. The number of carbonyl (C=O) groups excluding carboxylic acids is 1. The van der Waals surface area contributed by atoms with Gasteiger partial charge in [0.25, 0.3) is 0 Å². The Balaban J connectivity index is -0.0000000728. The van der Waals surface area contributed by atoms with Crippen molar-refractivity contribution in [2.45, 2.75) is 39.7 Å². The van der Waals surface area contributed by atoms with Crippen molar-refractivity contribution >= 4 is 6.41 Å². The summed E-state index contributed by atoms with van der Waals surface area (Å²) >= 11 is 0. The highest BCUT2D eigenvalue weighted by Crippen LogP contribution is 1.96. The molecule has 0 bridgehead atoms. The minimum absolute atomic E-state index is 0. The van der Waals surface area contributed by atoms with Crippen LogP contribution in [0.4, 0.5) is 0 Å². The molecule has 1 amide bonds. The molecule has 90 valence electrons. The molecule has 4 heteroatoms. The maximum Gasteiger partial charge on any atom is 0.207 e. The fourth-order valence-corrected chi connectivity index (χ4v) is 0.928. The fraction of sp³-hybridized carbons (Fsp3) is 0.900. The predicted molar refractivity (Wildman–Crippen MR) is 65.4 cm³/mol. The van der Waals surface area contributed by atoms with Gasteiger partial charge in [0.1, 0.15) is 0 Å². The third-order valence-corrected chi connectivity index (χ3v) is 1.67. The van der Waals surface area contributed by atoms with Crippen molar-refractivity contribution < 1.29 is 7.65 Å². The lowest BCUT2D eigenvalue weighted by Crippen LogP contribution is -2.35. The van der Waals surface area contributed by atoms with E-state index in [2.05, 4.69) is 10.6 Å². The molecule has 0 aromatic rings. The first-order valence-corrected chi connectivity index (χ1v) is 5.44. The molecule has 1 aliphatic heterocycles. The fourth-order valence-electron chi connectivity index (χ4n) is 0.928. The molecule has 1 fully saturated rings. The Labute approximate surface area is 90.6 Å². The van der Waals surface area contributed by atoms with Crippen molar-refractivity contribution in [2.75, 3.05) is 19.6 Å². The van der Waals surface area contributed by atoms with Gasteiger partial charge in [-0.3, -0.25) is 4.79 Å². The Morgan fingerprint density at radius 2 is 2.00 bits per heavy atom. The third-order valence-electron chi connectivity index (χ3n) is 1.67. The smallest absolute Gasteiger partial charge is 0.207 e. The first-order valence-electron chi connectivity index (χ1n) is 5.44. The van der Waals surface area contributed by atoms with E-state index in [0.29, 0.717) is 12.5 Å². The average molecular weight is 207 g/mol. The number of carbonyl (C=O) groups is 1. The van der Waals surface area contributed by atoms with Gasteiger partial charge in [-0.25, -0.2) is 0 Å². The van der Waals surface area contributed by atoms with E-state index in [1.165, 1.54) is 0 Å². The molecule has 1 heterocycles. The van der Waals surface area contributed by atoms with Gasteiger partial charge in [-0.05, 0) is 32.9 Å². The molecule has 0 atom stereocenters. The predicted octanol–water partition coefficient (Wildman–Crippen LogP) is 0.968. The zero-order valence-corrected chi connectivity index (χ0v) is 9.68. The molecule has 1 aliphatic rings. The van der Waals surface area contributed by atoms with E-state index in [1.54, 1.807) is 0 Å². The van der Waals surface area contributed by atoms with Crippen LogP contribution in [-0.2, 0) is 4.79 Å². The third kappa shape index (κ3) is 13.9. The molecular weight excluding hydrogens is 178 g/mol. The van der Waals surface area contributed by atoms with Gasteiger partial charge in [-0.2, -0.15) is 0 Å². The van der Waals surface area contributed by atoms with E-state index in [4.69, 9.17) is 5.73 Å². The minimum atomic E-state index is 0. The van der Waals surface area contributed by atoms with Crippen LogP contribution in [0.1, 0.15) is 36.5 Å². The molecule has 0 aliphatic carbocycles. The van der Waals surface area contributed by atoms with Crippen LogP contribution in [0, 0.1) is 0 Å². The average Bonchev–Trinajstić information content (AvgIpc) is 2.24. The maximum atomic E-state index is 9.29. The van der Waals surface area contributed by atoms with Crippen molar-refractivity contribution in [3.05, 3.63) is 0 Å². The van der Waals surface area contributed by atoms with Gasteiger partial charge in [0, 0.05) is 15.4 Å². The number of hydrogen-bond acceptors (Lipinski definition) is 3. The lowest BCUT2D eigenvalue weighted by atomic mass is 10.1. The normalized spacial score (nSPS) is 15.4. The number of piperidine rings is 1. The zero-order chi connectivity index (χ0) is 11.2. The Kier molecular flexibility index (Phi) is 16.9. The van der Waals surface area contributed by atoms with Crippen LogP contribution in [0.25, 0.3) is 0 Å². The van der Waals surface area contributed by atoms with E-state index in [-0.39, 0.29) is 2.85 Å². The molecule has 1 saturated heterocycles. The molecule has 0 aromatic heterocycles. The van der Waals surface area contributed by atoms with Crippen molar-refractivity contribution in [3.8, 4) is 0 Å². The molecular formula is C10H29N3O. The van der Waals surface area contributed by atoms with Gasteiger partial charge < -0.3 is 16.4 Å². The summed E-state index contributed by atoms with van der Waals surface area (Å²) in [6.07, 6.45) is 2.99. The van der Waals surface area contributed by atoms with Gasteiger partial charge in [-0.15, -0.1) is 0 Å².